The van der Waals surface area contributed by atoms with E-state index in [1.807, 2.05) is 45.0 Å². The zero-order chi connectivity index (χ0) is 22.3. The van der Waals surface area contributed by atoms with E-state index in [0.29, 0.717) is 18.2 Å². The Hall–Kier alpha value is -1.56. The molecular weight excluding hydrogens is 519 g/mol. The largest absolute Gasteiger partial charge is 0.444 e. The number of nitrogens with one attached hydrogen (secondary N) is 3. The van der Waals surface area contributed by atoms with Crippen LogP contribution in [0.3, 0.4) is 0 Å². The second-order valence-corrected chi connectivity index (χ2v) is 11.1. The quantitative estimate of drug-likeness (QED) is 0.272. The van der Waals surface area contributed by atoms with E-state index in [4.69, 9.17) is 4.74 Å². The van der Waals surface area contributed by atoms with Crippen molar-refractivity contribution >= 4 is 51.6 Å². The third kappa shape index (κ3) is 10.5. The number of nitrogens with zero attached hydrogens (tertiary/aromatic N) is 1. The van der Waals surface area contributed by atoms with E-state index >= 15 is 0 Å². The van der Waals surface area contributed by atoms with Gasteiger partial charge in [-0.25, -0.2) is 13.2 Å². The lowest BCUT2D eigenvalue weighted by molar-refractivity contribution is 0.0636. The Balaban J connectivity index is 0.00000841. The van der Waals surface area contributed by atoms with E-state index in [-0.39, 0.29) is 30.5 Å². The predicted octanol–water partition coefficient (Wildman–Crippen LogP) is 3.18. The lowest BCUT2D eigenvalue weighted by atomic mass is 10.1. The molecule has 30 heavy (non-hydrogen) atoms. The van der Waals surface area contributed by atoms with Crippen molar-refractivity contribution in [2.24, 2.45) is 4.99 Å². The molecule has 0 unspecified atom stereocenters. The number of ether oxygens (including phenoxy) is 1. The normalized spacial score (nSPS) is 12.6. The third-order valence-corrected chi connectivity index (χ3v) is 6.37. The molecule has 1 rings (SSSR count). The predicted molar refractivity (Wildman–Crippen MR) is 134 cm³/mol. The van der Waals surface area contributed by atoms with Crippen LogP contribution in [0.2, 0.25) is 0 Å². The second-order valence-electron chi connectivity index (χ2n) is 8.46. The number of carbonyl (C=O) groups excluding carboxylic acids is 1. The van der Waals surface area contributed by atoms with E-state index < -0.39 is 26.3 Å². The van der Waals surface area contributed by atoms with Crippen LogP contribution in [0.4, 0.5) is 10.5 Å². The molecule has 0 aliphatic carbocycles. The minimum absolute atomic E-state index is 0. The molecule has 172 valence electrons. The first-order chi connectivity index (χ1) is 13.2. The Morgan fingerprint density at radius 1 is 1.07 bits per heavy atom. The summed E-state index contributed by atoms with van der Waals surface area (Å²) in [5, 5.41) is 8.92. The highest BCUT2D eigenvalue weighted by molar-refractivity contribution is 14.0. The molecule has 1 aromatic carbocycles. The van der Waals surface area contributed by atoms with Crippen molar-refractivity contribution < 1.29 is 17.9 Å². The van der Waals surface area contributed by atoms with E-state index in [2.05, 4.69) is 20.9 Å². The number of aliphatic imine (C=N–C) groups is 1. The molecule has 0 spiro atoms. The Bertz CT molecular complexity index is 816. The molecule has 3 N–H and O–H groups in total. The summed E-state index contributed by atoms with van der Waals surface area (Å²) in [6, 6.07) is 7.50. The smallest absolute Gasteiger partial charge is 0.412 e. The lowest BCUT2D eigenvalue weighted by Crippen LogP contribution is -2.48. The van der Waals surface area contributed by atoms with Gasteiger partial charge < -0.3 is 15.4 Å². The molecule has 1 amide bonds. The highest BCUT2D eigenvalue weighted by Crippen LogP contribution is 2.14. The van der Waals surface area contributed by atoms with E-state index in [9.17, 15) is 13.2 Å². The molecule has 0 aliphatic rings. The maximum absolute atomic E-state index is 11.8. The minimum atomic E-state index is -3.18. The van der Waals surface area contributed by atoms with Gasteiger partial charge in [0, 0.05) is 32.1 Å². The van der Waals surface area contributed by atoms with Crippen molar-refractivity contribution in [2.45, 2.75) is 51.4 Å². The number of carbonyl (C=O) groups is 1. The molecule has 0 heterocycles. The topological polar surface area (TPSA) is 109 Å². The molecule has 0 saturated carbocycles. The van der Waals surface area contributed by atoms with Crippen LogP contribution in [0, 0.1) is 0 Å². The summed E-state index contributed by atoms with van der Waals surface area (Å²) in [5.41, 5.74) is 1.20. The third-order valence-electron chi connectivity index (χ3n) is 4.21. The summed E-state index contributed by atoms with van der Waals surface area (Å²) in [7, 11) is -1.54. The van der Waals surface area contributed by atoms with Gasteiger partial charge in [-0.15, -0.1) is 24.0 Å². The van der Waals surface area contributed by atoms with Crippen molar-refractivity contribution in [3.8, 4) is 0 Å². The number of benzene rings is 1. The lowest BCUT2D eigenvalue weighted by Gasteiger charge is -2.24. The first-order valence-electron chi connectivity index (χ1n) is 9.46. The van der Waals surface area contributed by atoms with Crippen LogP contribution in [0.1, 0.15) is 40.2 Å². The molecule has 8 nitrogen and oxygen atoms in total. The van der Waals surface area contributed by atoms with Crippen molar-refractivity contribution in [1.82, 2.24) is 10.6 Å². The molecule has 1 aromatic rings. The molecule has 0 atom stereocenters. The highest BCUT2D eigenvalue weighted by Gasteiger charge is 2.30. The van der Waals surface area contributed by atoms with Gasteiger partial charge >= 0.3 is 6.09 Å². The monoisotopic (exact) mass is 554 g/mol. The van der Waals surface area contributed by atoms with Crippen molar-refractivity contribution in [3.05, 3.63) is 29.8 Å². The Labute approximate surface area is 197 Å². The van der Waals surface area contributed by atoms with Gasteiger partial charge in [0.05, 0.1) is 4.75 Å². The number of amides is 1. The summed E-state index contributed by atoms with van der Waals surface area (Å²) in [6.07, 6.45) is 1.48. The van der Waals surface area contributed by atoms with Gasteiger partial charge in [-0.05, 0) is 58.7 Å². The standard InChI is InChI=1S/C20H34N4O4S.HI/c1-19(2,3)28-18(25)24-16-10-8-15(9-11-16)12-13-22-17(21-6)23-14-20(4,5)29(7,26)27;/h8-11H,12-14H2,1-7H3,(H,24,25)(H2,21,22,23);1H. The molecule has 0 aliphatic heterocycles. The minimum Gasteiger partial charge on any atom is -0.444 e. The van der Waals surface area contributed by atoms with Crippen LogP contribution < -0.4 is 16.0 Å². The van der Waals surface area contributed by atoms with Gasteiger partial charge in [0.25, 0.3) is 0 Å². The summed E-state index contributed by atoms with van der Waals surface area (Å²) < 4.78 is 27.9. The Morgan fingerprint density at radius 2 is 1.63 bits per heavy atom. The van der Waals surface area contributed by atoms with Crippen LogP contribution in [0.25, 0.3) is 0 Å². The first kappa shape index (κ1) is 28.4. The fourth-order valence-electron chi connectivity index (χ4n) is 2.15. The molecular formula is C20H35IN4O4S. The SMILES string of the molecule is CN=C(NCCc1ccc(NC(=O)OC(C)(C)C)cc1)NCC(C)(C)S(C)(=O)=O.I. The number of halogens is 1. The maximum Gasteiger partial charge on any atom is 0.412 e. The second kappa shape index (κ2) is 11.7. The highest BCUT2D eigenvalue weighted by atomic mass is 127. The van der Waals surface area contributed by atoms with Crippen LogP contribution in [-0.4, -0.2) is 57.2 Å². The van der Waals surface area contributed by atoms with Gasteiger partial charge in [-0.2, -0.15) is 0 Å². The summed E-state index contributed by atoms with van der Waals surface area (Å²) in [6.45, 7) is 9.67. The van der Waals surface area contributed by atoms with Crippen LogP contribution in [-0.2, 0) is 21.0 Å². The molecule has 0 radical (unpaired) electrons. The summed E-state index contributed by atoms with van der Waals surface area (Å²) >= 11 is 0. The Kier molecular flexibility index (Phi) is 11.1. The van der Waals surface area contributed by atoms with Gasteiger partial charge in [-0.3, -0.25) is 10.3 Å². The molecule has 0 saturated heterocycles. The summed E-state index contributed by atoms with van der Waals surface area (Å²) in [4.78, 5) is 15.9. The molecule has 10 heteroatoms. The average Bonchev–Trinajstić information content (AvgIpc) is 2.56. The molecule has 0 fully saturated rings. The number of guanidine groups is 1. The fourth-order valence-corrected chi connectivity index (χ4v) is 2.48. The van der Waals surface area contributed by atoms with Gasteiger partial charge in [0.1, 0.15) is 5.60 Å². The molecule has 0 bridgehead atoms. The van der Waals surface area contributed by atoms with Gasteiger partial charge in [0.2, 0.25) is 0 Å². The fraction of sp³-hybridized carbons (Fsp3) is 0.600. The van der Waals surface area contributed by atoms with Crippen molar-refractivity contribution in [3.63, 3.8) is 0 Å². The number of sulfone groups is 1. The van der Waals surface area contributed by atoms with Crippen molar-refractivity contribution in [2.75, 3.05) is 31.7 Å². The Morgan fingerprint density at radius 3 is 2.10 bits per heavy atom. The van der Waals surface area contributed by atoms with Crippen LogP contribution >= 0.6 is 24.0 Å². The average molecular weight is 554 g/mol. The van der Waals surface area contributed by atoms with Gasteiger partial charge in [-0.1, -0.05) is 12.1 Å². The zero-order valence-electron chi connectivity index (χ0n) is 18.8. The first-order valence-corrected chi connectivity index (χ1v) is 11.4. The van der Waals surface area contributed by atoms with E-state index in [1.165, 1.54) is 6.26 Å². The number of anilines is 1. The van der Waals surface area contributed by atoms with E-state index in [1.54, 1.807) is 20.9 Å². The summed E-state index contributed by atoms with van der Waals surface area (Å²) in [5.74, 6) is 0.546. The maximum atomic E-state index is 11.8. The van der Waals surface area contributed by atoms with Crippen molar-refractivity contribution in [1.29, 1.82) is 0 Å². The van der Waals surface area contributed by atoms with E-state index in [0.717, 1.165) is 12.0 Å². The molecule has 0 aromatic heterocycles. The number of rotatable bonds is 7. The van der Waals surface area contributed by atoms with Crippen LogP contribution in [0.15, 0.2) is 29.3 Å². The number of hydrogen-bond acceptors (Lipinski definition) is 5. The van der Waals surface area contributed by atoms with Gasteiger partial charge in [0.15, 0.2) is 15.8 Å². The number of hydrogen-bond donors (Lipinski definition) is 3. The zero-order valence-corrected chi connectivity index (χ0v) is 22.0. The van der Waals surface area contributed by atoms with Crippen LogP contribution in [0.5, 0.6) is 0 Å².